The number of benzene rings is 1. The Hall–Kier alpha value is -1.02. The largest absolute Gasteiger partial charge is 0.437 e. The third-order valence-corrected chi connectivity index (χ3v) is 3.73. The van der Waals surface area contributed by atoms with Crippen LogP contribution in [0.4, 0.5) is 4.39 Å². The van der Waals surface area contributed by atoms with Crippen LogP contribution < -0.4 is 5.43 Å². The summed E-state index contributed by atoms with van der Waals surface area (Å²) in [5, 5.41) is 0.729. The van der Waals surface area contributed by atoms with E-state index < -0.39 is 5.82 Å². The van der Waals surface area contributed by atoms with Gasteiger partial charge in [-0.15, -0.1) is 0 Å². The minimum atomic E-state index is -0.476. The van der Waals surface area contributed by atoms with Crippen LogP contribution >= 0.6 is 38.5 Å². The molecule has 0 aliphatic rings. The lowest BCUT2D eigenvalue weighted by Gasteiger charge is -2.02. The third kappa shape index (κ3) is 1.83. The van der Waals surface area contributed by atoms with Gasteiger partial charge in [-0.2, -0.15) is 0 Å². The maximum Gasteiger partial charge on any atom is 0.230 e. The molecular weight excluding hydrogens is 416 g/mol. The molecule has 0 saturated heterocycles. The van der Waals surface area contributed by atoms with Crippen molar-refractivity contribution in [3.05, 3.63) is 48.5 Å². The smallest absolute Gasteiger partial charge is 0.230 e. The summed E-state index contributed by atoms with van der Waals surface area (Å²) in [6.45, 7) is 0. The number of nitrogens with zero attached hydrogens (tertiary/aromatic N) is 1. The van der Waals surface area contributed by atoms with Gasteiger partial charge >= 0.3 is 0 Å². The van der Waals surface area contributed by atoms with Gasteiger partial charge in [0.15, 0.2) is 0 Å². The van der Waals surface area contributed by atoms with E-state index in [2.05, 4.69) is 43.5 Å². The first kappa shape index (κ1) is 12.0. The van der Waals surface area contributed by atoms with Crippen molar-refractivity contribution < 1.29 is 8.81 Å². The summed E-state index contributed by atoms with van der Waals surface area (Å²) in [4.78, 5) is 16.3. The molecule has 0 saturated carbocycles. The lowest BCUT2D eigenvalue weighted by Crippen LogP contribution is -2.03. The van der Waals surface area contributed by atoms with Gasteiger partial charge in [0.1, 0.15) is 11.4 Å². The first-order chi connectivity index (χ1) is 8.56. The summed E-state index contributed by atoms with van der Waals surface area (Å²) in [7, 11) is 0. The molecule has 6 heteroatoms. The Morgan fingerprint density at radius 1 is 1.28 bits per heavy atom. The van der Waals surface area contributed by atoms with Crippen LogP contribution in [0.1, 0.15) is 0 Å². The molecule has 1 aromatic carbocycles. The molecule has 0 aliphatic carbocycles. The highest BCUT2D eigenvalue weighted by atomic mass is 127. The molecule has 3 rings (SSSR count). The predicted octanol–water partition coefficient (Wildman–Crippen LogP) is 3.85. The number of halogens is 3. The number of rotatable bonds is 0. The van der Waals surface area contributed by atoms with Gasteiger partial charge in [0.05, 0.1) is 15.2 Å². The van der Waals surface area contributed by atoms with Crippen molar-refractivity contribution in [2.45, 2.75) is 0 Å². The van der Waals surface area contributed by atoms with E-state index in [4.69, 9.17) is 4.42 Å². The SMILES string of the molecule is O=c1c2cc(Br)c(F)cc2oc2ncc(I)cc12. The molecule has 0 unspecified atom stereocenters. The van der Waals surface area contributed by atoms with Gasteiger partial charge in [-0.3, -0.25) is 4.79 Å². The summed E-state index contributed by atoms with van der Waals surface area (Å²) in [6.07, 6.45) is 1.59. The van der Waals surface area contributed by atoms with Crippen LogP contribution in [-0.2, 0) is 0 Å². The topological polar surface area (TPSA) is 43.1 Å². The van der Waals surface area contributed by atoms with Crippen LogP contribution in [0.3, 0.4) is 0 Å². The van der Waals surface area contributed by atoms with Crippen LogP contribution in [0, 0.1) is 9.39 Å². The average molecular weight is 420 g/mol. The molecule has 0 fully saturated rings. The highest BCUT2D eigenvalue weighted by Gasteiger charge is 2.11. The lowest BCUT2D eigenvalue weighted by atomic mass is 10.2. The molecule has 0 spiro atoms. The van der Waals surface area contributed by atoms with E-state index in [0.717, 1.165) is 3.57 Å². The number of pyridine rings is 1. The normalized spacial score (nSPS) is 11.3. The first-order valence-electron chi connectivity index (χ1n) is 4.93. The van der Waals surface area contributed by atoms with Gasteiger partial charge in [0, 0.05) is 15.8 Å². The van der Waals surface area contributed by atoms with E-state index in [9.17, 15) is 9.18 Å². The van der Waals surface area contributed by atoms with Gasteiger partial charge in [0.2, 0.25) is 11.1 Å². The minimum absolute atomic E-state index is 0.196. The number of aromatic nitrogens is 1. The van der Waals surface area contributed by atoms with Crippen LogP contribution in [-0.4, -0.2) is 4.98 Å². The van der Waals surface area contributed by atoms with Gasteiger partial charge in [-0.1, -0.05) is 0 Å². The third-order valence-electron chi connectivity index (χ3n) is 2.54. The number of hydrogen-bond acceptors (Lipinski definition) is 3. The maximum absolute atomic E-state index is 13.4. The first-order valence-corrected chi connectivity index (χ1v) is 6.80. The zero-order chi connectivity index (χ0) is 12.9. The lowest BCUT2D eigenvalue weighted by molar-refractivity contribution is 0.606. The quantitative estimate of drug-likeness (QED) is 0.410. The van der Waals surface area contributed by atoms with E-state index in [1.54, 1.807) is 12.3 Å². The minimum Gasteiger partial charge on any atom is -0.437 e. The molecule has 90 valence electrons. The fourth-order valence-electron chi connectivity index (χ4n) is 1.71. The van der Waals surface area contributed by atoms with Gasteiger partial charge in [0.25, 0.3) is 0 Å². The Morgan fingerprint density at radius 3 is 2.83 bits per heavy atom. The molecule has 0 aliphatic heterocycles. The average Bonchev–Trinajstić information content (AvgIpc) is 2.33. The summed E-state index contributed by atoms with van der Waals surface area (Å²) in [5.74, 6) is -0.476. The van der Waals surface area contributed by atoms with Crippen LogP contribution in [0.25, 0.3) is 22.1 Å². The van der Waals surface area contributed by atoms with E-state index >= 15 is 0 Å². The molecule has 0 amide bonds. The molecule has 18 heavy (non-hydrogen) atoms. The molecule has 0 N–H and O–H groups in total. The summed E-state index contributed by atoms with van der Waals surface area (Å²) in [6, 6.07) is 4.31. The summed E-state index contributed by atoms with van der Waals surface area (Å²) < 4.78 is 19.9. The molecule has 0 bridgehead atoms. The molecule has 3 aromatic rings. The maximum atomic E-state index is 13.4. The molecule has 2 heterocycles. The number of hydrogen-bond donors (Lipinski definition) is 0. The summed E-state index contributed by atoms with van der Waals surface area (Å²) in [5.41, 5.74) is 0.203. The Labute approximate surface area is 122 Å². The second-order valence-corrected chi connectivity index (χ2v) is 5.80. The molecule has 0 atom stereocenters. The standard InChI is InChI=1S/C12H4BrFINO2/c13-8-2-6-10(3-9(8)14)18-12-7(11(6)17)1-5(15)4-16-12/h1-4H. The fourth-order valence-corrected chi connectivity index (χ4v) is 2.50. The zero-order valence-electron chi connectivity index (χ0n) is 8.71. The van der Waals surface area contributed by atoms with Crippen molar-refractivity contribution >= 4 is 60.6 Å². The van der Waals surface area contributed by atoms with Crippen molar-refractivity contribution in [3.8, 4) is 0 Å². The second-order valence-electron chi connectivity index (χ2n) is 3.70. The van der Waals surface area contributed by atoms with Crippen molar-refractivity contribution in [2.24, 2.45) is 0 Å². The zero-order valence-corrected chi connectivity index (χ0v) is 12.5. The van der Waals surface area contributed by atoms with E-state index in [1.165, 1.54) is 12.1 Å². The van der Waals surface area contributed by atoms with Gasteiger partial charge in [-0.25, -0.2) is 9.37 Å². The van der Waals surface area contributed by atoms with Gasteiger partial charge < -0.3 is 4.42 Å². The highest BCUT2D eigenvalue weighted by molar-refractivity contribution is 14.1. The molecular formula is C12H4BrFINO2. The second kappa shape index (κ2) is 4.27. The van der Waals surface area contributed by atoms with Crippen LogP contribution in [0.5, 0.6) is 0 Å². The fraction of sp³-hybridized carbons (Fsp3) is 0. The van der Waals surface area contributed by atoms with E-state index in [1.807, 2.05) is 0 Å². The monoisotopic (exact) mass is 419 g/mol. The molecule has 3 nitrogen and oxygen atoms in total. The number of fused-ring (bicyclic) bond motifs is 2. The van der Waals surface area contributed by atoms with Crippen LogP contribution in [0.15, 0.2) is 38.1 Å². The molecule has 2 aromatic heterocycles. The van der Waals surface area contributed by atoms with Crippen molar-refractivity contribution in [1.29, 1.82) is 0 Å². The van der Waals surface area contributed by atoms with E-state index in [-0.39, 0.29) is 21.2 Å². The van der Waals surface area contributed by atoms with Crippen molar-refractivity contribution in [3.63, 3.8) is 0 Å². The summed E-state index contributed by atoms with van der Waals surface area (Å²) >= 11 is 5.12. The van der Waals surface area contributed by atoms with Crippen molar-refractivity contribution in [2.75, 3.05) is 0 Å². The van der Waals surface area contributed by atoms with Crippen molar-refractivity contribution in [1.82, 2.24) is 4.98 Å². The Morgan fingerprint density at radius 2 is 2.06 bits per heavy atom. The van der Waals surface area contributed by atoms with Gasteiger partial charge in [-0.05, 0) is 50.7 Å². The van der Waals surface area contributed by atoms with E-state index in [0.29, 0.717) is 10.8 Å². The Kier molecular flexibility index (Phi) is 2.86. The Bertz CT molecular complexity index is 847. The highest BCUT2D eigenvalue weighted by Crippen LogP contribution is 2.24. The molecule has 0 radical (unpaired) electrons. The predicted molar refractivity (Wildman–Crippen MR) is 78.2 cm³/mol. The van der Waals surface area contributed by atoms with Crippen LogP contribution in [0.2, 0.25) is 0 Å². The Balaban J connectivity index is 2.57.